The molecule has 1 aromatic carbocycles. The van der Waals surface area contributed by atoms with E-state index in [1.807, 2.05) is 0 Å². The summed E-state index contributed by atoms with van der Waals surface area (Å²) in [7, 11) is -2.35. The van der Waals surface area contributed by atoms with Crippen molar-refractivity contribution < 1.29 is 32.6 Å². The number of piperazine rings is 1. The Bertz CT molecular complexity index is 1670. The monoisotopic (exact) mass is 720 g/mol. The number of nitriles is 1. The molecule has 0 unspecified atom stereocenters. The summed E-state index contributed by atoms with van der Waals surface area (Å²) in [5.41, 5.74) is -0.344. The number of ether oxygens (including phenoxy) is 1. The second-order valence-electron chi connectivity index (χ2n) is 12.6. The van der Waals surface area contributed by atoms with Crippen LogP contribution >= 0.6 is 23.2 Å². The minimum atomic E-state index is -4.04. The number of anilines is 1. The molecule has 4 fully saturated rings. The third kappa shape index (κ3) is 7.40. The summed E-state index contributed by atoms with van der Waals surface area (Å²) in [5, 5.41) is 18.6. The Kier molecular flexibility index (Phi) is 10.9. The van der Waals surface area contributed by atoms with Crippen LogP contribution in [-0.4, -0.2) is 116 Å². The molecule has 0 radical (unpaired) electrons. The lowest BCUT2D eigenvalue weighted by atomic mass is 9.95. The van der Waals surface area contributed by atoms with Gasteiger partial charge < -0.3 is 25.0 Å². The van der Waals surface area contributed by atoms with Crippen LogP contribution in [0.5, 0.6) is 0 Å². The van der Waals surface area contributed by atoms with E-state index in [0.717, 1.165) is 38.4 Å². The maximum atomic E-state index is 14.1. The van der Waals surface area contributed by atoms with Gasteiger partial charge >= 0.3 is 0 Å². The Labute approximate surface area is 289 Å². The Morgan fingerprint density at radius 3 is 2.38 bits per heavy atom. The summed E-state index contributed by atoms with van der Waals surface area (Å²) in [6.07, 6.45) is 3.59. The van der Waals surface area contributed by atoms with Crippen molar-refractivity contribution >= 4 is 57.0 Å². The Hall–Kier alpha value is -3.48. The minimum Gasteiger partial charge on any atom is -0.483 e. The molecule has 2 amide bonds. The molecule has 2 N–H and O–H groups in total. The largest absolute Gasteiger partial charge is 0.483 e. The number of likely N-dealkylation sites (tertiary alicyclic amines) is 1. The first-order chi connectivity index (χ1) is 22.9. The second-order valence-corrected chi connectivity index (χ2v) is 15.5. The molecule has 4 aliphatic rings. The third-order valence-corrected chi connectivity index (χ3v) is 12.4. The second kappa shape index (κ2) is 14.6. The van der Waals surface area contributed by atoms with Crippen molar-refractivity contribution in [2.45, 2.75) is 59.2 Å². The molecule has 0 bridgehead atoms. The molecular formula is C32H38Cl2N6O7S. The number of carbonyl (C=O) groups is 3. The highest BCUT2D eigenvalue weighted by Gasteiger charge is 2.58. The lowest BCUT2D eigenvalue weighted by Gasteiger charge is -2.36. The van der Waals surface area contributed by atoms with Gasteiger partial charge in [0.2, 0.25) is 11.8 Å². The highest BCUT2D eigenvalue weighted by molar-refractivity contribution is 7.92. The van der Waals surface area contributed by atoms with Crippen LogP contribution in [0.2, 0.25) is 10.2 Å². The van der Waals surface area contributed by atoms with Crippen molar-refractivity contribution in [2.24, 2.45) is 0 Å². The number of sulfone groups is 1. The number of carbonyl (C=O) groups excluding carboxylic acids is 2. The maximum absolute atomic E-state index is 14.1. The van der Waals surface area contributed by atoms with Crippen molar-refractivity contribution in [1.29, 1.82) is 5.26 Å². The van der Waals surface area contributed by atoms with Gasteiger partial charge in [-0.25, -0.2) is 13.4 Å². The average Bonchev–Trinajstić information content (AvgIpc) is 4.00. The molecule has 1 aromatic heterocycles. The van der Waals surface area contributed by atoms with Gasteiger partial charge in [0.1, 0.15) is 16.7 Å². The van der Waals surface area contributed by atoms with Crippen molar-refractivity contribution in [3.63, 3.8) is 0 Å². The van der Waals surface area contributed by atoms with Crippen LogP contribution in [-0.2, 0) is 34.4 Å². The molecule has 3 heterocycles. The van der Waals surface area contributed by atoms with Gasteiger partial charge in [-0.15, -0.1) is 0 Å². The van der Waals surface area contributed by atoms with Gasteiger partial charge in [-0.3, -0.25) is 19.3 Å². The minimum absolute atomic E-state index is 0.0242. The number of benzene rings is 1. The van der Waals surface area contributed by atoms with E-state index >= 15 is 0 Å². The fourth-order valence-corrected chi connectivity index (χ4v) is 8.79. The third-order valence-electron chi connectivity index (χ3n) is 9.60. The van der Waals surface area contributed by atoms with Gasteiger partial charge in [0.25, 0.3) is 6.47 Å². The molecule has 48 heavy (non-hydrogen) atoms. The van der Waals surface area contributed by atoms with Gasteiger partial charge in [0.05, 0.1) is 33.3 Å². The number of rotatable bonds is 10. The van der Waals surface area contributed by atoms with Crippen LogP contribution in [0.25, 0.3) is 0 Å². The van der Waals surface area contributed by atoms with Crippen LogP contribution in [0.4, 0.5) is 5.69 Å². The van der Waals surface area contributed by atoms with Gasteiger partial charge in [0.15, 0.2) is 9.84 Å². The number of amides is 2. The number of methoxy groups -OCH3 is 1. The summed E-state index contributed by atoms with van der Waals surface area (Å²) >= 11 is 12.6. The summed E-state index contributed by atoms with van der Waals surface area (Å²) in [4.78, 5) is 46.0. The van der Waals surface area contributed by atoms with Crippen LogP contribution in [0.1, 0.15) is 37.7 Å². The Morgan fingerprint density at radius 2 is 1.83 bits per heavy atom. The van der Waals surface area contributed by atoms with Crippen LogP contribution in [0.3, 0.4) is 0 Å². The average molecular weight is 722 g/mol. The summed E-state index contributed by atoms with van der Waals surface area (Å²) < 4.78 is 33.3. The maximum Gasteiger partial charge on any atom is 0.290 e. The standard InChI is InChI=1S/C31H36Cl2N6O5S.CH2O2/c1-44-15-14-37-10-12-38(13-11-37)22-3-4-26(24(32)16-22)45(42,43)23-17-25(28(40)36-30(20-34)6-7-30)39(19-23)29(41)31(8-9-31)21-2-5-27(33)35-18-21;2-1-3/h2-5,16,18,23,25H,6-15,17,19H2,1H3,(H,36,40);1H,(H,2,3)/t23-,25+;/m1./s1. The molecule has 16 heteroatoms. The summed E-state index contributed by atoms with van der Waals surface area (Å²) in [5.74, 6) is -0.839. The smallest absolute Gasteiger partial charge is 0.290 e. The molecule has 2 aromatic rings. The van der Waals surface area contributed by atoms with Gasteiger partial charge in [-0.1, -0.05) is 29.3 Å². The van der Waals surface area contributed by atoms with E-state index in [0.29, 0.717) is 43.0 Å². The highest BCUT2D eigenvalue weighted by Crippen LogP contribution is 2.51. The van der Waals surface area contributed by atoms with E-state index in [9.17, 15) is 23.3 Å². The van der Waals surface area contributed by atoms with Crippen LogP contribution in [0, 0.1) is 11.3 Å². The van der Waals surface area contributed by atoms with E-state index in [4.69, 9.17) is 37.8 Å². The molecule has 13 nitrogen and oxygen atoms in total. The molecule has 2 saturated carbocycles. The predicted molar refractivity (Wildman–Crippen MR) is 178 cm³/mol. The zero-order chi connectivity index (χ0) is 34.7. The lowest BCUT2D eigenvalue weighted by molar-refractivity contribution is -0.140. The normalized spacial score (nSPS) is 22.5. The van der Waals surface area contributed by atoms with Gasteiger partial charge in [0, 0.05) is 58.3 Å². The number of pyridine rings is 1. The Balaban J connectivity index is 0.00000145. The lowest BCUT2D eigenvalue weighted by Crippen LogP contribution is -2.51. The highest BCUT2D eigenvalue weighted by atomic mass is 35.5. The number of halogens is 2. The molecule has 2 atom stereocenters. The number of aromatic nitrogens is 1. The van der Waals surface area contributed by atoms with E-state index in [1.54, 1.807) is 37.6 Å². The van der Waals surface area contributed by atoms with E-state index < -0.39 is 38.0 Å². The number of nitrogens with zero attached hydrogens (tertiary/aromatic N) is 5. The molecule has 2 aliphatic heterocycles. The van der Waals surface area contributed by atoms with Crippen molar-refractivity contribution in [3.05, 3.63) is 52.3 Å². The molecular weight excluding hydrogens is 683 g/mol. The fraction of sp³-hybridized carbons (Fsp3) is 0.531. The zero-order valence-corrected chi connectivity index (χ0v) is 28.8. The molecule has 6 rings (SSSR count). The van der Waals surface area contributed by atoms with E-state index in [1.165, 1.54) is 11.0 Å². The van der Waals surface area contributed by atoms with Crippen molar-refractivity contribution in [2.75, 3.05) is 57.9 Å². The van der Waals surface area contributed by atoms with E-state index in [-0.39, 0.29) is 35.3 Å². The van der Waals surface area contributed by atoms with Crippen molar-refractivity contribution in [1.82, 2.24) is 20.1 Å². The molecule has 258 valence electrons. The van der Waals surface area contributed by atoms with Crippen LogP contribution in [0.15, 0.2) is 41.4 Å². The Morgan fingerprint density at radius 1 is 1.15 bits per heavy atom. The predicted octanol–water partition coefficient (Wildman–Crippen LogP) is 2.50. The summed E-state index contributed by atoms with van der Waals surface area (Å²) in [6.45, 7) is 4.38. The first kappa shape index (κ1) is 35.8. The number of nitrogens with one attached hydrogen (secondary N) is 1. The molecule has 2 aliphatic carbocycles. The van der Waals surface area contributed by atoms with E-state index in [2.05, 4.69) is 26.2 Å². The number of hydrogen-bond donors (Lipinski definition) is 2. The van der Waals surface area contributed by atoms with Gasteiger partial charge in [-0.2, -0.15) is 5.26 Å². The first-order valence-corrected chi connectivity index (χ1v) is 18.0. The quantitative estimate of drug-likeness (QED) is 0.273. The van der Waals surface area contributed by atoms with Gasteiger partial charge in [-0.05, 0) is 61.9 Å². The fourth-order valence-electron chi connectivity index (χ4n) is 6.44. The number of carboxylic acid groups (broad SMARTS) is 1. The topological polar surface area (TPSA) is 173 Å². The molecule has 2 saturated heterocycles. The van der Waals surface area contributed by atoms with Crippen molar-refractivity contribution in [3.8, 4) is 6.07 Å². The van der Waals surface area contributed by atoms with Crippen LogP contribution < -0.4 is 10.2 Å². The SMILES string of the molecule is COCCN1CCN(c2ccc(S(=O)(=O)[C@@H]3C[C@@H](C(=O)NC4(C#N)CC4)N(C(=O)C4(c5ccc(Cl)nc5)CC4)C3)c(Cl)c2)CC1.O=CO. The first-order valence-electron chi connectivity index (χ1n) is 15.7. The zero-order valence-electron chi connectivity index (χ0n) is 26.5. The summed E-state index contributed by atoms with van der Waals surface area (Å²) in [6, 6.07) is 9.42. The molecule has 0 spiro atoms. The number of hydrogen-bond acceptors (Lipinski definition) is 10.